The van der Waals surface area contributed by atoms with Gasteiger partial charge in [0.05, 0.1) is 11.3 Å². The van der Waals surface area contributed by atoms with Gasteiger partial charge in [-0.25, -0.2) is 4.79 Å². The third-order valence-electron chi connectivity index (χ3n) is 3.33. The molecule has 2 aromatic rings. The second-order valence-electron chi connectivity index (χ2n) is 5.02. The smallest absolute Gasteiger partial charge is 0.316 e. The zero-order valence-corrected chi connectivity index (χ0v) is 13.0. The highest BCUT2D eigenvalue weighted by atomic mass is 16.2. The molecular weight excluding hydrogens is 298 g/mol. The van der Waals surface area contributed by atoms with Crippen LogP contribution in [0.15, 0.2) is 24.3 Å². The molecule has 1 aromatic heterocycles. The first-order valence-electron chi connectivity index (χ1n) is 6.82. The van der Waals surface area contributed by atoms with Gasteiger partial charge in [-0.1, -0.05) is 6.07 Å². The van der Waals surface area contributed by atoms with Gasteiger partial charge in [-0.2, -0.15) is 5.10 Å². The molecule has 8 nitrogen and oxygen atoms in total. The third-order valence-corrected chi connectivity index (χ3v) is 3.33. The lowest BCUT2D eigenvalue weighted by atomic mass is 10.1. The van der Waals surface area contributed by atoms with Crippen molar-refractivity contribution >= 4 is 29.1 Å². The summed E-state index contributed by atoms with van der Waals surface area (Å²) in [7, 11) is 1.70. The fourth-order valence-corrected chi connectivity index (χ4v) is 2.22. The average molecular weight is 315 g/mol. The maximum absolute atomic E-state index is 12.3. The second kappa shape index (κ2) is 6.30. The van der Waals surface area contributed by atoms with Gasteiger partial charge in [0, 0.05) is 24.1 Å². The predicted octanol–water partition coefficient (Wildman–Crippen LogP) is 1.35. The van der Waals surface area contributed by atoms with E-state index in [0.717, 1.165) is 0 Å². The van der Waals surface area contributed by atoms with E-state index in [-0.39, 0.29) is 5.56 Å². The number of amides is 3. The maximum atomic E-state index is 12.3. The molecular formula is C15H17N5O3. The van der Waals surface area contributed by atoms with Gasteiger partial charge in [-0.15, -0.1) is 0 Å². The molecule has 8 heteroatoms. The number of anilines is 2. The first-order chi connectivity index (χ1) is 10.8. The molecule has 4 N–H and O–H groups in total. The number of carbonyl (C=O) groups is 3. The number of urea groups is 1. The Balaban J connectivity index is 2.18. The monoisotopic (exact) mass is 315 g/mol. The Morgan fingerprint density at radius 3 is 2.26 bits per heavy atom. The lowest BCUT2D eigenvalue weighted by Gasteiger charge is -2.07. The van der Waals surface area contributed by atoms with E-state index in [1.807, 2.05) is 0 Å². The molecule has 3 amide bonds. The van der Waals surface area contributed by atoms with Gasteiger partial charge in [-0.3, -0.25) is 14.3 Å². The minimum Gasteiger partial charge on any atom is -0.351 e. The lowest BCUT2D eigenvalue weighted by Crippen LogP contribution is -2.24. The molecule has 0 unspecified atom stereocenters. The molecule has 0 atom stereocenters. The van der Waals surface area contributed by atoms with E-state index in [0.29, 0.717) is 22.8 Å². The molecule has 120 valence electrons. The van der Waals surface area contributed by atoms with E-state index in [4.69, 9.17) is 5.73 Å². The lowest BCUT2D eigenvalue weighted by molar-refractivity contribution is -0.112. The van der Waals surface area contributed by atoms with Gasteiger partial charge >= 0.3 is 6.03 Å². The molecule has 0 fully saturated rings. The highest BCUT2D eigenvalue weighted by Crippen LogP contribution is 2.17. The fraction of sp³-hybridized carbons (Fsp3) is 0.200. The standard InChI is InChI=1S/C15H17N5O3/c1-8-12(9(2)20(3)19-8)13(21)14(22)17-10-5-4-6-11(7-10)18-15(16)23/h4-7H,1-3H3,(H,17,22)(H3,16,18,23). The number of primary amides is 1. The highest BCUT2D eigenvalue weighted by molar-refractivity contribution is 6.47. The molecule has 0 aliphatic heterocycles. The summed E-state index contributed by atoms with van der Waals surface area (Å²) < 4.78 is 1.55. The molecule has 0 spiro atoms. The van der Waals surface area contributed by atoms with E-state index < -0.39 is 17.7 Å². The van der Waals surface area contributed by atoms with Crippen LogP contribution in [-0.2, 0) is 11.8 Å². The van der Waals surface area contributed by atoms with Crippen LogP contribution in [0.4, 0.5) is 16.2 Å². The van der Waals surface area contributed by atoms with Gasteiger partial charge in [0.1, 0.15) is 0 Å². The number of rotatable bonds is 4. The van der Waals surface area contributed by atoms with Crippen molar-refractivity contribution in [1.29, 1.82) is 0 Å². The van der Waals surface area contributed by atoms with Crippen molar-refractivity contribution in [3.8, 4) is 0 Å². The number of ketones is 1. The van der Waals surface area contributed by atoms with Crippen molar-refractivity contribution in [3.05, 3.63) is 41.2 Å². The summed E-state index contributed by atoms with van der Waals surface area (Å²) in [6, 6.07) is 5.61. The molecule has 0 aliphatic rings. The van der Waals surface area contributed by atoms with E-state index in [1.165, 1.54) is 6.07 Å². The molecule has 1 heterocycles. The Morgan fingerprint density at radius 1 is 1.13 bits per heavy atom. The number of benzene rings is 1. The largest absolute Gasteiger partial charge is 0.351 e. The molecule has 1 aromatic carbocycles. The topological polar surface area (TPSA) is 119 Å². The Hall–Kier alpha value is -3.16. The summed E-state index contributed by atoms with van der Waals surface area (Å²) in [5.74, 6) is -1.44. The van der Waals surface area contributed by atoms with Crippen LogP contribution in [0.5, 0.6) is 0 Å². The van der Waals surface area contributed by atoms with Crippen LogP contribution in [-0.4, -0.2) is 27.5 Å². The van der Waals surface area contributed by atoms with Crippen molar-refractivity contribution < 1.29 is 14.4 Å². The van der Waals surface area contributed by atoms with Crippen molar-refractivity contribution in [3.63, 3.8) is 0 Å². The van der Waals surface area contributed by atoms with Crippen molar-refractivity contribution in [2.75, 3.05) is 10.6 Å². The van der Waals surface area contributed by atoms with E-state index in [2.05, 4.69) is 15.7 Å². The van der Waals surface area contributed by atoms with Gasteiger partial charge in [0.2, 0.25) is 0 Å². The van der Waals surface area contributed by atoms with Crippen LogP contribution >= 0.6 is 0 Å². The van der Waals surface area contributed by atoms with Gasteiger partial charge in [0.15, 0.2) is 0 Å². The Labute approximate surface area is 132 Å². The molecule has 23 heavy (non-hydrogen) atoms. The maximum Gasteiger partial charge on any atom is 0.316 e. The molecule has 0 bridgehead atoms. The number of hydrogen-bond donors (Lipinski definition) is 3. The second-order valence-corrected chi connectivity index (χ2v) is 5.02. The number of aromatic nitrogens is 2. The number of carbonyl (C=O) groups excluding carboxylic acids is 3. The minimum atomic E-state index is -0.777. The molecule has 0 radical (unpaired) electrons. The zero-order valence-electron chi connectivity index (χ0n) is 13.0. The minimum absolute atomic E-state index is 0.288. The third kappa shape index (κ3) is 3.54. The molecule has 0 saturated heterocycles. The van der Waals surface area contributed by atoms with Gasteiger partial charge in [0.25, 0.3) is 11.7 Å². The number of hydrogen-bond acceptors (Lipinski definition) is 4. The van der Waals surface area contributed by atoms with Crippen LogP contribution in [0.25, 0.3) is 0 Å². The normalized spacial score (nSPS) is 10.2. The van der Waals surface area contributed by atoms with Crippen LogP contribution in [0.1, 0.15) is 21.7 Å². The van der Waals surface area contributed by atoms with Crippen molar-refractivity contribution in [1.82, 2.24) is 9.78 Å². The van der Waals surface area contributed by atoms with Crippen molar-refractivity contribution in [2.45, 2.75) is 13.8 Å². The number of Topliss-reactive ketones (excluding diaryl/α,β-unsaturated/α-hetero) is 1. The van der Waals surface area contributed by atoms with Crippen LogP contribution in [0.2, 0.25) is 0 Å². The van der Waals surface area contributed by atoms with Gasteiger partial charge in [-0.05, 0) is 32.0 Å². The fourth-order valence-electron chi connectivity index (χ4n) is 2.22. The Bertz CT molecular complexity index is 794. The van der Waals surface area contributed by atoms with Crippen LogP contribution < -0.4 is 16.4 Å². The number of aryl methyl sites for hydroxylation is 2. The number of nitrogens with one attached hydrogen (secondary N) is 2. The quantitative estimate of drug-likeness (QED) is 0.582. The van der Waals surface area contributed by atoms with Crippen LogP contribution in [0, 0.1) is 13.8 Å². The van der Waals surface area contributed by atoms with E-state index in [1.54, 1.807) is 43.8 Å². The van der Waals surface area contributed by atoms with E-state index >= 15 is 0 Å². The Morgan fingerprint density at radius 2 is 1.74 bits per heavy atom. The van der Waals surface area contributed by atoms with Crippen LogP contribution in [0.3, 0.4) is 0 Å². The molecule has 0 saturated carbocycles. The highest BCUT2D eigenvalue weighted by Gasteiger charge is 2.23. The number of nitrogens with zero attached hydrogens (tertiary/aromatic N) is 2. The zero-order chi connectivity index (χ0) is 17.1. The molecule has 2 rings (SSSR count). The summed E-state index contributed by atoms with van der Waals surface area (Å²) in [5.41, 5.74) is 7.22. The first kappa shape index (κ1) is 16.2. The predicted molar refractivity (Wildman–Crippen MR) is 85.3 cm³/mol. The molecule has 0 aliphatic carbocycles. The summed E-state index contributed by atoms with van der Waals surface area (Å²) in [5, 5.41) is 9.01. The summed E-state index contributed by atoms with van der Waals surface area (Å²) in [6.07, 6.45) is 0. The summed E-state index contributed by atoms with van der Waals surface area (Å²) in [6.45, 7) is 3.39. The SMILES string of the molecule is Cc1nn(C)c(C)c1C(=O)C(=O)Nc1cccc(NC(N)=O)c1. The van der Waals surface area contributed by atoms with E-state index in [9.17, 15) is 14.4 Å². The summed E-state index contributed by atoms with van der Waals surface area (Å²) in [4.78, 5) is 35.3. The first-order valence-corrected chi connectivity index (χ1v) is 6.82. The Kier molecular flexibility index (Phi) is 4.44. The average Bonchev–Trinajstić information content (AvgIpc) is 2.71. The van der Waals surface area contributed by atoms with Gasteiger partial charge < -0.3 is 16.4 Å². The number of nitrogens with two attached hydrogens (primary N) is 1. The van der Waals surface area contributed by atoms with Crippen molar-refractivity contribution in [2.24, 2.45) is 12.8 Å². The summed E-state index contributed by atoms with van der Waals surface area (Å²) >= 11 is 0.